The molecule has 1 heterocycles. The fourth-order valence-corrected chi connectivity index (χ4v) is 2.73. The number of carbonyl (C=O) groups excluding carboxylic acids is 5. The monoisotopic (exact) mass is 420 g/mol. The van der Waals surface area contributed by atoms with Crippen LogP contribution in [0.5, 0.6) is 0 Å². The molecule has 6 atom stereocenters. The molecule has 1 aliphatic heterocycles. The minimum Gasteiger partial charge on any atom is -0.462 e. The van der Waals surface area contributed by atoms with Crippen LogP contribution < -0.4 is 0 Å². The Kier molecular flexibility index (Phi) is 8.98. The van der Waals surface area contributed by atoms with Gasteiger partial charge in [-0.15, -0.1) is 0 Å². The van der Waals surface area contributed by atoms with Crippen molar-refractivity contribution in [3.63, 3.8) is 0 Å². The van der Waals surface area contributed by atoms with Crippen molar-refractivity contribution in [2.24, 2.45) is 0 Å². The third-order valence-corrected chi connectivity index (χ3v) is 3.59. The number of carbonyl (C=O) groups is 5. The molecule has 164 valence electrons. The minimum absolute atomic E-state index is 0.505. The van der Waals surface area contributed by atoms with E-state index in [1.54, 1.807) is 0 Å². The predicted octanol–water partition coefficient (Wildman–Crippen LogP) is -1.01. The Morgan fingerprint density at radius 1 is 0.759 bits per heavy atom. The number of rotatable bonds is 7. The maximum absolute atomic E-state index is 11.6. The zero-order valence-electron chi connectivity index (χ0n) is 16.6. The van der Waals surface area contributed by atoms with E-state index in [0.717, 1.165) is 34.6 Å². The quantitative estimate of drug-likeness (QED) is 0.395. The summed E-state index contributed by atoms with van der Waals surface area (Å²) in [5, 5.41) is 10.3. The molecule has 12 nitrogen and oxygen atoms in total. The summed E-state index contributed by atoms with van der Waals surface area (Å²) in [6, 6.07) is 0. The van der Waals surface area contributed by atoms with E-state index in [9.17, 15) is 29.1 Å². The van der Waals surface area contributed by atoms with Gasteiger partial charge >= 0.3 is 29.8 Å². The molecule has 1 aliphatic rings. The molecular formula is C17H24O12. The summed E-state index contributed by atoms with van der Waals surface area (Å²) in [7, 11) is 0. The summed E-state index contributed by atoms with van der Waals surface area (Å²) in [5.74, 6) is -3.97. The van der Waals surface area contributed by atoms with Crippen molar-refractivity contribution in [2.75, 3.05) is 6.61 Å². The first-order valence-corrected chi connectivity index (χ1v) is 8.58. The summed E-state index contributed by atoms with van der Waals surface area (Å²) >= 11 is 0. The summed E-state index contributed by atoms with van der Waals surface area (Å²) < 4.78 is 30.5. The fourth-order valence-electron chi connectivity index (χ4n) is 2.73. The molecule has 1 rings (SSSR count). The maximum atomic E-state index is 11.6. The molecule has 0 saturated carbocycles. The number of hydrogen-bond acceptors (Lipinski definition) is 12. The second-order valence-electron chi connectivity index (χ2n) is 6.16. The number of aliphatic hydroxyl groups excluding tert-OH is 1. The van der Waals surface area contributed by atoms with E-state index in [2.05, 4.69) is 0 Å². The second-order valence-corrected chi connectivity index (χ2v) is 6.16. The SMILES string of the molecule is CC(=O)OCC(OC(C)=O)C1OC(O)C(OC(C)=O)C(OC(C)=O)C1OC(C)=O. The van der Waals surface area contributed by atoms with Crippen molar-refractivity contribution < 1.29 is 57.5 Å². The lowest BCUT2D eigenvalue weighted by Crippen LogP contribution is -2.64. The zero-order valence-corrected chi connectivity index (χ0v) is 16.6. The Morgan fingerprint density at radius 3 is 1.69 bits per heavy atom. The Morgan fingerprint density at radius 2 is 1.24 bits per heavy atom. The Balaban J connectivity index is 3.34. The van der Waals surface area contributed by atoms with Crippen molar-refractivity contribution in [3.05, 3.63) is 0 Å². The topological polar surface area (TPSA) is 161 Å². The van der Waals surface area contributed by atoms with Crippen LogP contribution in [0.15, 0.2) is 0 Å². The zero-order chi connectivity index (χ0) is 22.3. The Bertz CT molecular complexity index is 644. The van der Waals surface area contributed by atoms with Gasteiger partial charge in [0.15, 0.2) is 30.7 Å². The van der Waals surface area contributed by atoms with E-state index in [0.29, 0.717) is 0 Å². The van der Waals surface area contributed by atoms with Gasteiger partial charge in [-0.2, -0.15) is 0 Å². The van der Waals surface area contributed by atoms with Gasteiger partial charge in [0.2, 0.25) is 0 Å². The van der Waals surface area contributed by atoms with Crippen LogP contribution in [0, 0.1) is 0 Å². The van der Waals surface area contributed by atoms with E-state index in [4.69, 9.17) is 28.4 Å². The molecule has 0 aromatic heterocycles. The van der Waals surface area contributed by atoms with Crippen LogP contribution in [0.3, 0.4) is 0 Å². The van der Waals surface area contributed by atoms with Gasteiger partial charge in [0.05, 0.1) is 0 Å². The second kappa shape index (κ2) is 10.7. The highest BCUT2D eigenvalue weighted by Crippen LogP contribution is 2.30. The summed E-state index contributed by atoms with van der Waals surface area (Å²) in [5.41, 5.74) is 0. The van der Waals surface area contributed by atoms with Gasteiger partial charge in [0.25, 0.3) is 0 Å². The molecule has 0 spiro atoms. The first-order valence-electron chi connectivity index (χ1n) is 8.58. The predicted molar refractivity (Wildman–Crippen MR) is 89.7 cm³/mol. The van der Waals surface area contributed by atoms with Crippen molar-refractivity contribution >= 4 is 29.8 Å². The molecular weight excluding hydrogens is 396 g/mol. The molecule has 1 fully saturated rings. The van der Waals surface area contributed by atoms with Crippen molar-refractivity contribution in [1.29, 1.82) is 0 Å². The van der Waals surface area contributed by atoms with Gasteiger partial charge in [-0.3, -0.25) is 24.0 Å². The molecule has 12 heteroatoms. The van der Waals surface area contributed by atoms with Gasteiger partial charge in [-0.05, 0) is 0 Å². The average molecular weight is 420 g/mol. The van der Waals surface area contributed by atoms with Crippen molar-refractivity contribution in [1.82, 2.24) is 0 Å². The molecule has 0 radical (unpaired) electrons. The van der Waals surface area contributed by atoms with Crippen LogP contribution >= 0.6 is 0 Å². The van der Waals surface area contributed by atoms with E-state index in [1.807, 2.05) is 0 Å². The molecule has 0 aliphatic carbocycles. The van der Waals surface area contributed by atoms with Crippen LogP contribution in [-0.4, -0.2) is 78.4 Å². The van der Waals surface area contributed by atoms with E-state index >= 15 is 0 Å². The highest BCUT2D eigenvalue weighted by atomic mass is 16.7. The van der Waals surface area contributed by atoms with Crippen molar-refractivity contribution in [2.45, 2.75) is 71.4 Å². The highest BCUT2D eigenvalue weighted by molar-refractivity contribution is 5.69. The first kappa shape index (κ1) is 24.3. The van der Waals surface area contributed by atoms with Gasteiger partial charge in [-0.1, -0.05) is 0 Å². The van der Waals surface area contributed by atoms with Gasteiger partial charge in [0, 0.05) is 34.6 Å². The minimum atomic E-state index is -1.84. The van der Waals surface area contributed by atoms with Gasteiger partial charge in [-0.25, -0.2) is 0 Å². The molecule has 0 amide bonds. The van der Waals surface area contributed by atoms with Crippen LogP contribution in [0.4, 0.5) is 0 Å². The summed E-state index contributed by atoms with van der Waals surface area (Å²) in [6.07, 6.45) is -9.10. The third-order valence-electron chi connectivity index (χ3n) is 3.59. The van der Waals surface area contributed by atoms with Crippen molar-refractivity contribution in [3.8, 4) is 0 Å². The molecule has 6 unspecified atom stereocenters. The maximum Gasteiger partial charge on any atom is 0.303 e. The summed E-state index contributed by atoms with van der Waals surface area (Å²) in [4.78, 5) is 57.2. The molecule has 0 aromatic carbocycles. The fraction of sp³-hybridized carbons (Fsp3) is 0.706. The van der Waals surface area contributed by atoms with Gasteiger partial charge in [0.1, 0.15) is 12.7 Å². The molecule has 0 bridgehead atoms. The molecule has 1 N–H and O–H groups in total. The smallest absolute Gasteiger partial charge is 0.303 e. The number of ether oxygens (including phenoxy) is 6. The lowest BCUT2D eigenvalue weighted by Gasteiger charge is -2.44. The standard InChI is InChI=1S/C17H24O12/c1-7(18)24-6-12(25-8(2)19)13-14(26-9(3)20)15(27-10(4)21)16(17(23)29-13)28-11(5)22/h12-17,23H,6H2,1-5H3. The van der Waals surface area contributed by atoms with E-state index in [1.165, 1.54) is 0 Å². The first-order chi connectivity index (χ1) is 13.4. The molecule has 1 saturated heterocycles. The Labute approximate surface area is 166 Å². The van der Waals surface area contributed by atoms with Crippen LogP contribution in [0.1, 0.15) is 34.6 Å². The van der Waals surface area contributed by atoms with Gasteiger partial charge < -0.3 is 33.5 Å². The average Bonchev–Trinajstić information content (AvgIpc) is 2.55. The Hall–Kier alpha value is -2.73. The molecule has 29 heavy (non-hydrogen) atoms. The highest BCUT2D eigenvalue weighted by Gasteiger charge is 2.54. The number of esters is 5. The number of aliphatic hydroxyl groups is 1. The lowest BCUT2D eigenvalue weighted by molar-refractivity contribution is -0.306. The van der Waals surface area contributed by atoms with Crippen LogP contribution in [0.2, 0.25) is 0 Å². The largest absolute Gasteiger partial charge is 0.462 e. The normalized spacial score (nSPS) is 27.2. The lowest BCUT2D eigenvalue weighted by atomic mass is 9.94. The third kappa shape index (κ3) is 7.66. The molecule has 0 aromatic rings. The van der Waals surface area contributed by atoms with E-state index < -0.39 is 73.3 Å². The summed E-state index contributed by atoms with van der Waals surface area (Å²) in [6.45, 7) is 4.84. The van der Waals surface area contributed by atoms with E-state index in [-0.39, 0.29) is 0 Å². The number of hydrogen-bond donors (Lipinski definition) is 1. The van der Waals surface area contributed by atoms with Crippen LogP contribution in [0.25, 0.3) is 0 Å². The van der Waals surface area contributed by atoms with Crippen LogP contribution in [-0.2, 0) is 52.4 Å².